The van der Waals surface area contributed by atoms with Gasteiger partial charge in [-0.05, 0) is 43.3 Å². The van der Waals surface area contributed by atoms with E-state index in [0.717, 1.165) is 18.9 Å². The Bertz CT molecular complexity index is 514. The first-order valence-corrected chi connectivity index (χ1v) is 7.02. The van der Waals surface area contributed by atoms with E-state index < -0.39 is 0 Å². The number of hydrogen-bond donors (Lipinski definition) is 2. The van der Waals surface area contributed by atoms with Crippen molar-refractivity contribution < 1.29 is 0 Å². The Hall–Kier alpha value is -1.13. The van der Waals surface area contributed by atoms with Crippen LogP contribution in [0.5, 0.6) is 0 Å². The van der Waals surface area contributed by atoms with Crippen LogP contribution in [0.3, 0.4) is 0 Å². The molecule has 1 aliphatic rings. The number of aryl methyl sites for hydroxylation is 1. The van der Waals surface area contributed by atoms with Crippen LogP contribution in [0.1, 0.15) is 18.4 Å². The van der Waals surface area contributed by atoms with Crippen molar-refractivity contribution >= 4 is 27.2 Å². The summed E-state index contributed by atoms with van der Waals surface area (Å²) < 4.78 is 1.32. The van der Waals surface area contributed by atoms with Crippen molar-refractivity contribution in [1.82, 2.24) is 10.3 Å². The topological polar surface area (TPSA) is 37.0 Å². The summed E-state index contributed by atoms with van der Waals surface area (Å²) in [7, 11) is 0. The number of aromatic nitrogens is 1. The molecule has 17 heavy (non-hydrogen) atoms. The Morgan fingerprint density at radius 1 is 1.53 bits per heavy atom. The van der Waals surface area contributed by atoms with Crippen LogP contribution in [-0.4, -0.2) is 24.1 Å². The highest BCUT2D eigenvalue weighted by molar-refractivity contribution is 7.17. The largest absolute Gasteiger partial charge is 0.366 e. The van der Waals surface area contributed by atoms with Gasteiger partial charge in [0.15, 0.2) is 0 Å². The lowest BCUT2D eigenvalue weighted by molar-refractivity contribution is 0.479. The molecule has 1 atom stereocenters. The molecule has 90 valence electrons. The smallest absolute Gasteiger partial charge is 0.135 e. The van der Waals surface area contributed by atoms with Gasteiger partial charge in [-0.1, -0.05) is 0 Å². The van der Waals surface area contributed by atoms with E-state index in [-0.39, 0.29) is 0 Å². The van der Waals surface area contributed by atoms with E-state index in [1.807, 2.05) is 6.20 Å². The van der Waals surface area contributed by atoms with Gasteiger partial charge < -0.3 is 10.6 Å². The molecule has 0 spiro atoms. The van der Waals surface area contributed by atoms with Gasteiger partial charge in [0.1, 0.15) is 5.82 Å². The summed E-state index contributed by atoms with van der Waals surface area (Å²) in [5.41, 5.74) is 1.32. The van der Waals surface area contributed by atoms with Crippen LogP contribution in [0.25, 0.3) is 10.1 Å². The predicted octanol–water partition coefficient (Wildman–Crippen LogP) is 2.77. The van der Waals surface area contributed by atoms with Gasteiger partial charge in [0.25, 0.3) is 0 Å². The Labute approximate surface area is 105 Å². The average Bonchev–Trinajstić information content (AvgIpc) is 2.74. The number of fused-ring (bicyclic) bond motifs is 1. The highest BCUT2D eigenvalue weighted by atomic mass is 32.1. The van der Waals surface area contributed by atoms with Gasteiger partial charge in [-0.3, -0.25) is 0 Å². The molecule has 2 aromatic heterocycles. The number of rotatable bonds is 2. The molecule has 3 nitrogen and oxygen atoms in total. The monoisotopic (exact) mass is 247 g/mol. The van der Waals surface area contributed by atoms with E-state index in [1.54, 1.807) is 11.3 Å². The van der Waals surface area contributed by atoms with Crippen LogP contribution in [0.4, 0.5) is 5.82 Å². The fraction of sp³-hybridized carbons (Fsp3) is 0.462. The van der Waals surface area contributed by atoms with E-state index >= 15 is 0 Å². The molecular weight excluding hydrogens is 230 g/mol. The molecule has 2 aromatic rings. The molecule has 0 aliphatic carbocycles. The maximum atomic E-state index is 4.50. The Morgan fingerprint density at radius 2 is 2.47 bits per heavy atom. The second kappa shape index (κ2) is 4.63. The second-order valence-corrected chi connectivity index (χ2v) is 5.55. The second-order valence-electron chi connectivity index (χ2n) is 4.64. The zero-order valence-electron chi connectivity index (χ0n) is 9.99. The maximum Gasteiger partial charge on any atom is 0.135 e. The molecule has 0 unspecified atom stereocenters. The molecule has 1 aliphatic heterocycles. The van der Waals surface area contributed by atoms with Gasteiger partial charge >= 0.3 is 0 Å². The number of piperidine rings is 1. The lowest BCUT2D eigenvalue weighted by Crippen LogP contribution is -2.38. The first-order chi connectivity index (χ1) is 8.34. The predicted molar refractivity (Wildman–Crippen MR) is 73.9 cm³/mol. The zero-order valence-corrected chi connectivity index (χ0v) is 10.8. The molecule has 2 N–H and O–H groups in total. The SMILES string of the molecule is Cc1csc2ccnc(N[C@@H]3CCCNC3)c12. The number of anilines is 1. The van der Waals surface area contributed by atoms with Crippen LogP contribution >= 0.6 is 11.3 Å². The number of nitrogens with zero attached hydrogens (tertiary/aromatic N) is 1. The fourth-order valence-electron chi connectivity index (χ4n) is 2.41. The molecule has 1 fully saturated rings. The molecule has 3 rings (SSSR count). The molecule has 0 amide bonds. The van der Waals surface area contributed by atoms with Crippen molar-refractivity contribution in [3.63, 3.8) is 0 Å². The molecule has 1 saturated heterocycles. The Balaban J connectivity index is 1.91. The van der Waals surface area contributed by atoms with Gasteiger partial charge in [0.2, 0.25) is 0 Å². The third-order valence-electron chi connectivity index (χ3n) is 3.31. The molecule has 0 aromatic carbocycles. The summed E-state index contributed by atoms with van der Waals surface area (Å²) >= 11 is 1.79. The Kier molecular flexibility index (Phi) is 2.99. The average molecular weight is 247 g/mol. The minimum absolute atomic E-state index is 0.515. The van der Waals surface area contributed by atoms with Gasteiger partial charge in [0.05, 0.1) is 0 Å². The van der Waals surface area contributed by atoms with Crippen LogP contribution in [0, 0.1) is 6.92 Å². The van der Waals surface area contributed by atoms with Crippen molar-refractivity contribution in [2.45, 2.75) is 25.8 Å². The molecule has 0 saturated carbocycles. The number of pyridine rings is 1. The van der Waals surface area contributed by atoms with Crippen molar-refractivity contribution in [3.05, 3.63) is 23.2 Å². The third kappa shape index (κ3) is 2.15. The zero-order chi connectivity index (χ0) is 11.7. The fourth-order valence-corrected chi connectivity index (χ4v) is 3.35. The third-order valence-corrected chi connectivity index (χ3v) is 4.37. The molecule has 3 heterocycles. The molecule has 0 bridgehead atoms. The molecule has 4 heteroatoms. The maximum absolute atomic E-state index is 4.50. The lowest BCUT2D eigenvalue weighted by atomic mass is 10.1. The first-order valence-electron chi connectivity index (χ1n) is 6.14. The normalized spacial score (nSPS) is 20.6. The first kappa shape index (κ1) is 11.0. The van der Waals surface area contributed by atoms with Crippen molar-refractivity contribution in [2.24, 2.45) is 0 Å². The summed E-state index contributed by atoms with van der Waals surface area (Å²) in [4.78, 5) is 4.50. The van der Waals surface area contributed by atoms with E-state index in [0.29, 0.717) is 6.04 Å². The standard InChI is InChI=1S/C13H17N3S/c1-9-8-17-11-4-6-15-13(12(9)11)16-10-3-2-5-14-7-10/h4,6,8,10,14H,2-3,5,7H2,1H3,(H,15,16)/t10-/m1/s1. The van der Waals surface area contributed by atoms with Gasteiger partial charge in [0, 0.05) is 28.9 Å². The Morgan fingerprint density at radius 3 is 3.29 bits per heavy atom. The lowest BCUT2D eigenvalue weighted by Gasteiger charge is -2.24. The summed E-state index contributed by atoms with van der Waals surface area (Å²) in [6.07, 6.45) is 4.38. The number of thiophene rings is 1. The van der Waals surface area contributed by atoms with E-state index in [1.165, 1.54) is 28.5 Å². The van der Waals surface area contributed by atoms with Crippen LogP contribution in [0.15, 0.2) is 17.6 Å². The summed E-state index contributed by atoms with van der Waals surface area (Å²) in [6.45, 7) is 4.35. The van der Waals surface area contributed by atoms with E-state index in [9.17, 15) is 0 Å². The summed E-state index contributed by atoms with van der Waals surface area (Å²) in [6, 6.07) is 2.61. The van der Waals surface area contributed by atoms with Crippen molar-refractivity contribution in [3.8, 4) is 0 Å². The van der Waals surface area contributed by atoms with Crippen LogP contribution in [-0.2, 0) is 0 Å². The number of hydrogen-bond acceptors (Lipinski definition) is 4. The van der Waals surface area contributed by atoms with Crippen molar-refractivity contribution in [2.75, 3.05) is 18.4 Å². The van der Waals surface area contributed by atoms with Gasteiger partial charge in [-0.25, -0.2) is 4.98 Å². The highest BCUT2D eigenvalue weighted by Crippen LogP contribution is 2.30. The van der Waals surface area contributed by atoms with Gasteiger partial charge in [-0.15, -0.1) is 11.3 Å². The highest BCUT2D eigenvalue weighted by Gasteiger charge is 2.15. The molecule has 0 radical (unpaired) electrons. The van der Waals surface area contributed by atoms with E-state index in [4.69, 9.17) is 0 Å². The quantitative estimate of drug-likeness (QED) is 0.857. The van der Waals surface area contributed by atoms with Crippen LogP contribution in [0.2, 0.25) is 0 Å². The van der Waals surface area contributed by atoms with Crippen LogP contribution < -0.4 is 10.6 Å². The molecular formula is C13H17N3S. The van der Waals surface area contributed by atoms with Gasteiger partial charge in [-0.2, -0.15) is 0 Å². The van der Waals surface area contributed by atoms with Crippen molar-refractivity contribution in [1.29, 1.82) is 0 Å². The summed E-state index contributed by atoms with van der Waals surface area (Å²) in [5, 5.41) is 10.5. The minimum Gasteiger partial charge on any atom is -0.366 e. The summed E-state index contributed by atoms with van der Waals surface area (Å²) in [5.74, 6) is 1.05. The number of nitrogens with one attached hydrogen (secondary N) is 2. The van der Waals surface area contributed by atoms with E-state index in [2.05, 4.69) is 34.0 Å². The minimum atomic E-state index is 0.515.